The van der Waals surface area contributed by atoms with Gasteiger partial charge in [-0.1, -0.05) is 19.3 Å². The first-order valence-electron chi connectivity index (χ1n) is 5.65. The molecular weight excluding hydrogens is 172 g/mol. The van der Waals surface area contributed by atoms with Crippen molar-refractivity contribution in [3.63, 3.8) is 0 Å². The Morgan fingerprint density at radius 3 is 2.86 bits per heavy atom. The zero-order valence-electron chi connectivity index (χ0n) is 9.42. The normalized spacial score (nSPS) is 28.2. The molecule has 1 fully saturated rings. The van der Waals surface area contributed by atoms with E-state index in [9.17, 15) is 0 Å². The molecule has 2 N–H and O–H groups in total. The molecule has 2 heteroatoms. The van der Waals surface area contributed by atoms with Crippen LogP contribution >= 0.6 is 0 Å². The minimum Gasteiger partial charge on any atom is -0.329 e. The van der Waals surface area contributed by atoms with Gasteiger partial charge in [-0.15, -0.1) is 5.92 Å². The molecule has 0 radical (unpaired) electrons. The molecule has 1 rings (SSSR count). The Morgan fingerprint density at radius 1 is 1.50 bits per heavy atom. The van der Waals surface area contributed by atoms with Gasteiger partial charge in [-0.3, -0.25) is 4.90 Å². The van der Waals surface area contributed by atoms with E-state index in [1.807, 2.05) is 6.92 Å². The summed E-state index contributed by atoms with van der Waals surface area (Å²) >= 11 is 0. The first kappa shape index (κ1) is 11.6. The Bertz CT molecular complexity index is 214. The summed E-state index contributed by atoms with van der Waals surface area (Å²) in [5.41, 5.74) is 5.79. The highest BCUT2D eigenvalue weighted by molar-refractivity contribution is 4.99. The summed E-state index contributed by atoms with van der Waals surface area (Å²) in [6, 6.07) is 0.564. The van der Waals surface area contributed by atoms with Gasteiger partial charge >= 0.3 is 0 Å². The SMILES string of the molecule is CC#CCN1CCC(CC)CC1CN. The van der Waals surface area contributed by atoms with Gasteiger partial charge in [-0.25, -0.2) is 0 Å². The largest absolute Gasteiger partial charge is 0.329 e. The second kappa shape index (κ2) is 6.06. The lowest BCUT2D eigenvalue weighted by Gasteiger charge is -2.37. The van der Waals surface area contributed by atoms with Gasteiger partial charge in [0.05, 0.1) is 6.54 Å². The smallest absolute Gasteiger partial charge is 0.0604 e. The van der Waals surface area contributed by atoms with Crippen LogP contribution in [0, 0.1) is 17.8 Å². The standard InChI is InChI=1S/C12H22N2/c1-3-5-7-14-8-6-11(4-2)9-12(14)10-13/h11-12H,4,6-10,13H2,1-2H3. The number of piperidine rings is 1. The van der Waals surface area contributed by atoms with Crippen LogP contribution in [0.4, 0.5) is 0 Å². The van der Waals surface area contributed by atoms with Crippen LogP contribution < -0.4 is 5.73 Å². The lowest BCUT2D eigenvalue weighted by atomic mass is 9.89. The fourth-order valence-corrected chi connectivity index (χ4v) is 2.19. The average molecular weight is 194 g/mol. The van der Waals surface area contributed by atoms with E-state index in [2.05, 4.69) is 23.7 Å². The highest BCUT2D eigenvalue weighted by atomic mass is 15.2. The van der Waals surface area contributed by atoms with Crippen molar-refractivity contribution in [1.29, 1.82) is 0 Å². The maximum absolute atomic E-state index is 5.79. The van der Waals surface area contributed by atoms with E-state index in [0.29, 0.717) is 6.04 Å². The molecule has 0 aromatic rings. The van der Waals surface area contributed by atoms with Gasteiger partial charge in [-0.2, -0.15) is 0 Å². The van der Waals surface area contributed by atoms with Crippen molar-refractivity contribution < 1.29 is 0 Å². The first-order valence-corrected chi connectivity index (χ1v) is 5.65. The lowest BCUT2D eigenvalue weighted by molar-refractivity contribution is 0.130. The van der Waals surface area contributed by atoms with Crippen LogP contribution in [-0.4, -0.2) is 30.6 Å². The molecule has 80 valence electrons. The molecule has 1 aliphatic heterocycles. The van der Waals surface area contributed by atoms with Gasteiger partial charge in [-0.05, 0) is 32.2 Å². The maximum Gasteiger partial charge on any atom is 0.0604 e. The fraction of sp³-hybridized carbons (Fsp3) is 0.833. The van der Waals surface area contributed by atoms with E-state index < -0.39 is 0 Å². The van der Waals surface area contributed by atoms with Crippen molar-refractivity contribution in [1.82, 2.24) is 4.90 Å². The molecule has 1 saturated heterocycles. The Balaban J connectivity index is 2.46. The summed E-state index contributed by atoms with van der Waals surface area (Å²) in [4.78, 5) is 2.43. The monoisotopic (exact) mass is 194 g/mol. The molecule has 2 atom stereocenters. The Labute approximate surface area is 87.8 Å². The van der Waals surface area contributed by atoms with Crippen molar-refractivity contribution in [2.24, 2.45) is 11.7 Å². The number of hydrogen-bond acceptors (Lipinski definition) is 2. The molecular formula is C12H22N2. The Hall–Kier alpha value is -0.520. The molecule has 14 heavy (non-hydrogen) atoms. The van der Waals surface area contributed by atoms with Crippen molar-refractivity contribution in [3.8, 4) is 11.8 Å². The van der Waals surface area contributed by atoms with Gasteiger partial charge in [0.15, 0.2) is 0 Å². The molecule has 0 saturated carbocycles. The molecule has 0 spiro atoms. The zero-order valence-corrected chi connectivity index (χ0v) is 9.42. The van der Waals surface area contributed by atoms with E-state index in [1.165, 1.54) is 25.8 Å². The molecule has 2 nitrogen and oxygen atoms in total. The van der Waals surface area contributed by atoms with Crippen molar-refractivity contribution in [2.45, 2.75) is 39.2 Å². The van der Waals surface area contributed by atoms with Gasteiger partial charge < -0.3 is 5.73 Å². The summed E-state index contributed by atoms with van der Waals surface area (Å²) < 4.78 is 0. The summed E-state index contributed by atoms with van der Waals surface area (Å²) in [5, 5.41) is 0. The summed E-state index contributed by atoms with van der Waals surface area (Å²) in [6.45, 7) is 7.03. The van der Waals surface area contributed by atoms with E-state index >= 15 is 0 Å². The van der Waals surface area contributed by atoms with Gasteiger partial charge in [0.2, 0.25) is 0 Å². The third kappa shape index (κ3) is 3.01. The zero-order chi connectivity index (χ0) is 10.4. The van der Waals surface area contributed by atoms with E-state index in [4.69, 9.17) is 5.73 Å². The molecule has 1 heterocycles. The highest BCUT2D eigenvalue weighted by Gasteiger charge is 2.25. The minimum absolute atomic E-state index is 0.564. The van der Waals surface area contributed by atoms with Crippen LogP contribution in [0.5, 0.6) is 0 Å². The number of rotatable bonds is 3. The minimum atomic E-state index is 0.564. The van der Waals surface area contributed by atoms with Crippen LogP contribution in [0.3, 0.4) is 0 Å². The van der Waals surface area contributed by atoms with Crippen LogP contribution in [-0.2, 0) is 0 Å². The molecule has 0 aromatic heterocycles. The number of hydrogen-bond donors (Lipinski definition) is 1. The first-order chi connectivity index (χ1) is 6.81. The quantitative estimate of drug-likeness (QED) is 0.689. The molecule has 0 bridgehead atoms. The number of nitrogens with two attached hydrogens (primary N) is 1. The second-order valence-electron chi connectivity index (χ2n) is 4.09. The van der Waals surface area contributed by atoms with Crippen LogP contribution in [0.15, 0.2) is 0 Å². The van der Waals surface area contributed by atoms with Crippen molar-refractivity contribution >= 4 is 0 Å². The lowest BCUT2D eigenvalue weighted by Crippen LogP contribution is -2.46. The topological polar surface area (TPSA) is 29.3 Å². The maximum atomic E-state index is 5.79. The van der Waals surface area contributed by atoms with Gasteiger partial charge in [0.25, 0.3) is 0 Å². The van der Waals surface area contributed by atoms with Gasteiger partial charge in [0, 0.05) is 12.6 Å². The molecule has 0 amide bonds. The molecule has 0 aromatic carbocycles. The second-order valence-corrected chi connectivity index (χ2v) is 4.09. The average Bonchev–Trinajstić information content (AvgIpc) is 2.26. The Morgan fingerprint density at radius 2 is 2.29 bits per heavy atom. The predicted molar refractivity (Wildman–Crippen MR) is 60.9 cm³/mol. The van der Waals surface area contributed by atoms with Gasteiger partial charge in [0.1, 0.15) is 0 Å². The molecule has 2 unspecified atom stereocenters. The van der Waals surface area contributed by atoms with E-state index in [1.54, 1.807) is 0 Å². The van der Waals surface area contributed by atoms with Crippen LogP contribution in [0.2, 0.25) is 0 Å². The number of likely N-dealkylation sites (tertiary alicyclic amines) is 1. The third-order valence-electron chi connectivity index (χ3n) is 3.25. The summed E-state index contributed by atoms with van der Waals surface area (Å²) in [5.74, 6) is 6.97. The number of nitrogens with zero attached hydrogens (tertiary/aromatic N) is 1. The third-order valence-corrected chi connectivity index (χ3v) is 3.25. The fourth-order valence-electron chi connectivity index (χ4n) is 2.19. The van der Waals surface area contributed by atoms with Crippen molar-refractivity contribution in [3.05, 3.63) is 0 Å². The summed E-state index contributed by atoms with van der Waals surface area (Å²) in [7, 11) is 0. The predicted octanol–water partition coefficient (Wildman–Crippen LogP) is 1.46. The highest BCUT2D eigenvalue weighted by Crippen LogP contribution is 2.24. The van der Waals surface area contributed by atoms with E-state index in [-0.39, 0.29) is 0 Å². The van der Waals surface area contributed by atoms with Crippen molar-refractivity contribution in [2.75, 3.05) is 19.6 Å². The summed E-state index contributed by atoms with van der Waals surface area (Å²) in [6.07, 6.45) is 3.88. The Kier molecular flexibility index (Phi) is 5.00. The van der Waals surface area contributed by atoms with Crippen LogP contribution in [0.25, 0.3) is 0 Å². The molecule has 0 aliphatic carbocycles. The molecule has 1 aliphatic rings. The van der Waals surface area contributed by atoms with Crippen LogP contribution in [0.1, 0.15) is 33.1 Å². The van der Waals surface area contributed by atoms with E-state index in [0.717, 1.165) is 19.0 Å².